The van der Waals surface area contributed by atoms with Crippen molar-refractivity contribution in [1.29, 1.82) is 0 Å². The van der Waals surface area contributed by atoms with Gasteiger partial charge in [-0.1, -0.05) is 54.0 Å². The number of carbonyl (C=O) groups is 1. The van der Waals surface area contributed by atoms with E-state index in [2.05, 4.69) is 5.23 Å². The second kappa shape index (κ2) is 5.17. The Labute approximate surface area is 95.6 Å². The summed E-state index contributed by atoms with van der Waals surface area (Å²) >= 11 is 0. The van der Waals surface area contributed by atoms with E-state index in [9.17, 15) is 4.79 Å². The van der Waals surface area contributed by atoms with Gasteiger partial charge in [-0.15, -0.1) is 0 Å². The number of benzene rings is 2. The molecule has 1 amide bonds. The Morgan fingerprint density at radius 1 is 0.875 bits per heavy atom. The van der Waals surface area contributed by atoms with Crippen LogP contribution in [0.3, 0.4) is 0 Å². The van der Waals surface area contributed by atoms with E-state index in [1.807, 2.05) is 48.5 Å². The number of nitrogens with one attached hydrogen (secondary N) is 1. The van der Waals surface area contributed by atoms with Gasteiger partial charge in [-0.05, 0) is 12.1 Å². The molecule has 0 aliphatic heterocycles. The van der Waals surface area contributed by atoms with E-state index < -0.39 is 0 Å². The van der Waals surface area contributed by atoms with Gasteiger partial charge in [0.15, 0.2) is 0 Å². The lowest BCUT2D eigenvalue weighted by Crippen LogP contribution is -2.35. The maximum absolute atomic E-state index is 11.7. The zero-order valence-corrected chi connectivity index (χ0v) is 8.76. The van der Waals surface area contributed by atoms with Gasteiger partial charge < -0.3 is 5.23 Å². The molecule has 2 aromatic rings. The van der Waals surface area contributed by atoms with Crippen LogP contribution in [0, 0.1) is 0 Å². The lowest BCUT2D eigenvalue weighted by atomic mass is 9.83. The van der Waals surface area contributed by atoms with Crippen molar-refractivity contribution < 1.29 is 4.79 Å². The molecule has 0 saturated heterocycles. The van der Waals surface area contributed by atoms with E-state index in [4.69, 9.17) is 0 Å². The summed E-state index contributed by atoms with van der Waals surface area (Å²) in [6, 6.07) is 18.8. The first-order chi connectivity index (χ1) is 7.86. The van der Waals surface area contributed by atoms with Gasteiger partial charge in [0.1, 0.15) is 0 Å². The van der Waals surface area contributed by atoms with Crippen LogP contribution < -0.4 is 10.7 Å². The second-order valence-electron chi connectivity index (χ2n) is 3.39. The van der Waals surface area contributed by atoms with E-state index in [1.54, 1.807) is 19.5 Å². The van der Waals surface area contributed by atoms with Crippen molar-refractivity contribution in [2.45, 2.75) is 0 Å². The summed E-state index contributed by atoms with van der Waals surface area (Å²) in [6.07, 6.45) is 0. The highest BCUT2D eigenvalue weighted by atomic mass is 16.1. The van der Waals surface area contributed by atoms with Crippen LogP contribution in [0.2, 0.25) is 0 Å². The fourth-order valence-corrected chi connectivity index (χ4v) is 1.37. The van der Waals surface area contributed by atoms with Crippen molar-refractivity contribution in [3.63, 3.8) is 0 Å². The van der Waals surface area contributed by atoms with E-state index in [0.717, 1.165) is 5.46 Å². The van der Waals surface area contributed by atoms with E-state index >= 15 is 0 Å². The van der Waals surface area contributed by atoms with Crippen LogP contribution in [0.1, 0.15) is 10.4 Å². The predicted molar refractivity (Wildman–Crippen MR) is 65.7 cm³/mol. The van der Waals surface area contributed by atoms with Crippen molar-refractivity contribution in [2.75, 3.05) is 0 Å². The summed E-state index contributed by atoms with van der Waals surface area (Å²) in [5.41, 5.74) is 1.64. The van der Waals surface area contributed by atoms with Crippen LogP contribution in [0.15, 0.2) is 60.7 Å². The van der Waals surface area contributed by atoms with Crippen LogP contribution in [0.4, 0.5) is 0 Å². The van der Waals surface area contributed by atoms with Gasteiger partial charge in [0.05, 0.1) is 0 Å². The molecule has 0 aliphatic rings. The summed E-state index contributed by atoms with van der Waals surface area (Å²) < 4.78 is 0. The van der Waals surface area contributed by atoms with Crippen molar-refractivity contribution in [3.05, 3.63) is 66.2 Å². The standard InChI is InChI=1S/C13H11BNO/c16-13(11-7-3-1-4-8-11)15-14-12-9-5-2-6-10-12/h1-10H,(H,15,16). The molecule has 2 nitrogen and oxygen atoms in total. The molecule has 0 bridgehead atoms. The van der Waals surface area contributed by atoms with Gasteiger partial charge in [0, 0.05) is 5.56 Å². The smallest absolute Gasteiger partial charge is 0.285 e. The molecule has 0 saturated carbocycles. The normalized spacial score (nSPS) is 9.50. The van der Waals surface area contributed by atoms with Crippen molar-refractivity contribution in [3.8, 4) is 0 Å². The molecule has 0 aromatic heterocycles. The van der Waals surface area contributed by atoms with Gasteiger partial charge in [-0.3, -0.25) is 4.79 Å². The zero-order chi connectivity index (χ0) is 11.2. The highest BCUT2D eigenvalue weighted by molar-refractivity contribution is 6.54. The molecule has 0 atom stereocenters. The van der Waals surface area contributed by atoms with Crippen LogP contribution >= 0.6 is 0 Å². The minimum absolute atomic E-state index is 0.0931. The SMILES string of the molecule is O=C(N[B]c1ccccc1)c1ccccc1. The summed E-state index contributed by atoms with van der Waals surface area (Å²) in [5.74, 6) is -0.0931. The monoisotopic (exact) mass is 208 g/mol. The lowest BCUT2D eigenvalue weighted by molar-refractivity contribution is 0.0981. The van der Waals surface area contributed by atoms with E-state index in [-0.39, 0.29) is 5.91 Å². The Balaban J connectivity index is 1.95. The lowest BCUT2D eigenvalue weighted by Gasteiger charge is -2.03. The van der Waals surface area contributed by atoms with Crippen LogP contribution in [0.5, 0.6) is 0 Å². The molecule has 16 heavy (non-hydrogen) atoms. The molecule has 3 heteroatoms. The first kappa shape index (κ1) is 10.5. The van der Waals surface area contributed by atoms with Crippen molar-refractivity contribution in [2.24, 2.45) is 0 Å². The molecule has 0 aliphatic carbocycles. The number of hydrogen-bond donors (Lipinski definition) is 1. The maximum atomic E-state index is 11.7. The Kier molecular flexibility index (Phi) is 3.39. The largest absolute Gasteiger partial charge is 0.394 e. The van der Waals surface area contributed by atoms with Crippen molar-refractivity contribution in [1.82, 2.24) is 5.23 Å². The topological polar surface area (TPSA) is 29.1 Å². The summed E-state index contributed by atoms with van der Waals surface area (Å²) in [6.45, 7) is 0. The summed E-state index contributed by atoms with van der Waals surface area (Å²) in [5, 5.41) is 2.75. The highest BCUT2D eigenvalue weighted by Crippen LogP contribution is 1.96. The predicted octanol–water partition coefficient (Wildman–Crippen LogP) is 1.36. The molecule has 0 fully saturated rings. The minimum atomic E-state index is -0.0931. The number of amides is 1. The van der Waals surface area contributed by atoms with Gasteiger partial charge in [-0.25, -0.2) is 0 Å². The fourth-order valence-electron chi connectivity index (χ4n) is 1.37. The van der Waals surface area contributed by atoms with E-state index in [0.29, 0.717) is 5.56 Å². The van der Waals surface area contributed by atoms with Crippen LogP contribution in [-0.2, 0) is 0 Å². The average molecular weight is 208 g/mol. The van der Waals surface area contributed by atoms with Crippen LogP contribution in [-0.4, -0.2) is 13.3 Å². The fraction of sp³-hybridized carbons (Fsp3) is 0. The first-order valence-electron chi connectivity index (χ1n) is 5.10. The molecule has 2 rings (SSSR count). The van der Waals surface area contributed by atoms with Crippen LogP contribution in [0.25, 0.3) is 0 Å². The summed E-state index contributed by atoms with van der Waals surface area (Å²) in [4.78, 5) is 11.7. The molecule has 0 heterocycles. The highest BCUT2D eigenvalue weighted by Gasteiger charge is 2.04. The molecular weight excluding hydrogens is 197 g/mol. The summed E-state index contributed by atoms with van der Waals surface area (Å²) in [7, 11) is 1.70. The Morgan fingerprint density at radius 3 is 2.06 bits per heavy atom. The molecule has 0 unspecified atom stereocenters. The van der Waals surface area contributed by atoms with Gasteiger partial charge in [0.2, 0.25) is 5.91 Å². The minimum Gasteiger partial charge on any atom is -0.394 e. The number of hydrogen-bond acceptors (Lipinski definition) is 1. The number of carbonyl (C=O) groups excluding carboxylic acids is 1. The van der Waals surface area contributed by atoms with Gasteiger partial charge >= 0.3 is 0 Å². The molecular formula is C13H11BNO. The van der Waals surface area contributed by atoms with Crippen molar-refractivity contribution >= 4 is 18.8 Å². The third-order valence-electron chi connectivity index (χ3n) is 2.21. The number of rotatable bonds is 3. The van der Waals surface area contributed by atoms with E-state index in [1.165, 1.54) is 0 Å². The van der Waals surface area contributed by atoms with Gasteiger partial charge in [0.25, 0.3) is 7.41 Å². The average Bonchev–Trinajstić information content (AvgIpc) is 2.38. The Hall–Kier alpha value is -2.03. The quantitative estimate of drug-likeness (QED) is 0.758. The molecule has 1 radical (unpaired) electrons. The Morgan fingerprint density at radius 2 is 1.44 bits per heavy atom. The molecule has 1 N–H and O–H groups in total. The first-order valence-corrected chi connectivity index (χ1v) is 5.10. The third-order valence-corrected chi connectivity index (χ3v) is 2.21. The zero-order valence-electron chi connectivity index (χ0n) is 8.76. The molecule has 77 valence electrons. The Bertz CT molecular complexity index is 456. The maximum Gasteiger partial charge on any atom is 0.285 e. The second-order valence-corrected chi connectivity index (χ2v) is 3.39. The van der Waals surface area contributed by atoms with Gasteiger partial charge in [-0.2, -0.15) is 0 Å². The molecule has 2 aromatic carbocycles. The third kappa shape index (κ3) is 2.73. The molecule has 0 spiro atoms.